The van der Waals surface area contributed by atoms with Crippen molar-refractivity contribution in [3.8, 4) is 22.3 Å². The Kier molecular flexibility index (Phi) is 6.53. The van der Waals surface area contributed by atoms with Crippen LogP contribution in [0.3, 0.4) is 0 Å². The largest absolute Gasteiger partial charge is 0.455 e. The maximum absolute atomic E-state index is 6.49. The molecule has 0 saturated carbocycles. The smallest absolute Gasteiger partial charge is 0.143 e. The van der Waals surface area contributed by atoms with Gasteiger partial charge in [-0.2, -0.15) is 0 Å². The van der Waals surface area contributed by atoms with Crippen LogP contribution in [0.25, 0.3) is 76.5 Å². The minimum atomic E-state index is 0.898. The first-order chi connectivity index (χ1) is 24.8. The second-order valence-corrected chi connectivity index (χ2v) is 12.9. The number of para-hydroxylation sites is 1. The van der Waals surface area contributed by atoms with Gasteiger partial charge in [-0.1, -0.05) is 152 Å². The third-order valence-corrected chi connectivity index (χ3v) is 10.1. The lowest BCUT2D eigenvalue weighted by molar-refractivity contribution is 0.672. The average Bonchev–Trinajstić information content (AvgIpc) is 3.57. The van der Waals surface area contributed by atoms with Gasteiger partial charge in [0.25, 0.3) is 0 Å². The van der Waals surface area contributed by atoms with Crippen LogP contribution in [0.4, 0.5) is 17.1 Å². The van der Waals surface area contributed by atoms with Gasteiger partial charge in [-0.25, -0.2) is 0 Å². The highest BCUT2D eigenvalue weighted by Crippen LogP contribution is 2.45. The minimum absolute atomic E-state index is 0.898. The molecule has 0 amide bonds. The van der Waals surface area contributed by atoms with Gasteiger partial charge < -0.3 is 9.32 Å². The zero-order chi connectivity index (χ0) is 33.0. The zero-order valence-electron chi connectivity index (χ0n) is 27.3. The van der Waals surface area contributed by atoms with E-state index < -0.39 is 0 Å². The lowest BCUT2D eigenvalue weighted by Crippen LogP contribution is -2.10. The Morgan fingerprint density at radius 2 is 0.800 bits per heavy atom. The van der Waals surface area contributed by atoms with Gasteiger partial charge in [0.2, 0.25) is 0 Å². The van der Waals surface area contributed by atoms with E-state index in [9.17, 15) is 0 Å². The lowest BCUT2D eigenvalue weighted by Gasteiger charge is -2.27. The van der Waals surface area contributed by atoms with Crippen molar-refractivity contribution in [1.82, 2.24) is 0 Å². The highest BCUT2D eigenvalue weighted by molar-refractivity contribution is 6.19. The maximum atomic E-state index is 6.49. The van der Waals surface area contributed by atoms with Crippen LogP contribution >= 0.6 is 0 Å². The van der Waals surface area contributed by atoms with Crippen LogP contribution in [-0.2, 0) is 0 Å². The molecule has 0 fully saturated rings. The van der Waals surface area contributed by atoms with Crippen LogP contribution in [0, 0.1) is 0 Å². The number of hydrogen-bond acceptors (Lipinski definition) is 2. The molecule has 10 rings (SSSR count). The van der Waals surface area contributed by atoms with Gasteiger partial charge in [0.1, 0.15) is 11.2 Å². The van der Waals surface area contributed by atoms with E-state index in [1.165, 1.54) is 43.8 Å². The maximum Gasteiger partial charge on any atom is 0.143 e. The van der Waals surface area contributed by atoms with Crippen molar-refractivity contribution in [2.45, 2.75) is 0 Å². The van der Waals surface area contributed by atoms with Gasteiger partial charge >= 0.3 is 0 Å². The third-order valence-electron chi connectivity index (χ3n) is 10.1. The fourth-order valence-electron chi connectivity index (χ4n) is 7.67. The van der Waals surface area contributed by atoms with Gasteiger partial charge in [0.05, 0.1) is 5.69 Å². The van der Waals surface area contributed by atoms with Crippen LogP contribution < -0.4 is 4.90 Å². The van der Waals surface area contributed by atoms with E-state index in [2.05, 4.69) is 187 Å². The molecule has 50 heavy (non-hydrogen) atoms. The summed E-state index contributed by atoms with van der Waals surface area (Å²) in [5.74, 6) is 0. The van der Waals surface area contributed by atoms with Gasteiger partial charge in [-0.15, -0.1) is 0 Å². The number of anilines is 3. The lowest BCUT2D eigenvalue weighted by atomic mass is 9.97. The van der Waals surface area contributed by atoms with Crippen molar-refractivity contribution in [3.63, 3.8) is 0 Å². The number of fused-ring (bicyclic) bond motifs is 7. The standard InChI is InChI=1S/C48H31NO/c1-3-15-38-32(11-1)13-9-20-40(38)34-23-27-36(28-24-34)49(37-29-25-35(26-30-37)41-21-10-14-33-12-2-4-16-39(33)41)46-31-45-43-18-7-8-22-47(43)50-48(45)44-19-6-5-17-42(44)46/h1-31H. The minimum Gasteiger partial charge on any atom is -0.455 e. The molecule has 0 aliphatic heterocycles. The summed E-state index contributed by atoms with van der Waals surface area (Å²) in [6.45, 7) is 0. The molecule has 1 aromatic heterocycles. The summed E-state index contributed by atoms with van der Waals surface area (Å²) in [5.41, 5.74) is 9.95. The SMILES string of the molecule is c1ccc2c(-c3ccc(N(c4ccc(-c5cccc6ccccc56)cc4)c4cc5c6ccccc6oc5c5ccccc45)cc3)cccc2c1. The molecule has 0 saturated heterocycles. The second-order valence-electron chi connectivity index (χ2n) is 12.9. The molecule has 0 aliphatic rings. The van der Waals surface area contributed by atoms with Crippen LogP contribution in [0.15, 0.2) is 192 Å². The van der Waals surface area contributed by atoms with Crippen molar-refractivity contribution in [3.05, 3.63) is 188 Å². The number of nitrogens with zero attached hydrogens (tertiary/aromatic N) is 1. The predicted octanol–water partition coefficient (Wildman–Crippen LogP) is 13.8. The number of benzene rings is 9. The van der Waals surface area contributed by atoms with Crippen LogP contribution in [-0.4, -0.2) is 0 Å². The number of rotatable bonds is 5. The molecule has 0 radical (unpaired) electrons. The molecule has 0 N–H and O–H groups in total. The summed E-state index contributed by atoms with van der Waals surface area (Å²) in [7, 11) is 0. The monoisotopic (exact) mass is 637 g/mol. The first-order valence-corrected chi connectivity index (χ1v) is 17.1. The highest BCUT2D eigenvalue weighted by Gasteiger charge is 2.20. The van der Waals surface area contributed by atoms with Gasteiger partial charge in [-0.3, -0.25) is 0 Å². The molecule has 10 aromatic rings. The molecule has 2 nitrogen and oxygen atoms in total. The van der Waals surface area contributed by atoms with E-state index in [-0.39, 0.29) is 0 Å². The Balaban J connectivity index is 1.18. The molecule has 9 aromatic carbocycles. The molecule has 0 bridgehead atoms. The molecular weight excluding hydrogens is 607 g/mol. The summed E-state index contributed by atoms with van der Waals surface area (Å²) in [5, 5.41) is 9.46. The highest BCUT2D eigenvalue weighted by atomic mass is 16.3. The summed E-state index contributed by atoms with van der Waals surface area (Å²) in [6, 6.07) is 67.5. The molecule has 2 heteroatoms. The van der Waals surface area contributed by atoms with Crippen molar-refractivity contribution >= 4 is 71.3 Å². The number of hydrogen-bond donors (Lipinski definition) is 0. The molecular formula is C48H31NO. The Hall–Kier alpha value is -6.64. The Bertz CT molecular complexity index is 2730. The van der Waals surface area contributed by atoms with Crippen molar-refractivity contribution in [2.24, 2.45) is 0 Å². The summed E-state index contributed by atoms with van der Waals surface area (Å²) in [4.78, 5) is 2.39. The Morgan fingerprint density at radius 3 is 1.38 bits per heavy atom. The van der Waals surface area contributed by atoms with Crippen LogP contribution in [0.5, 0.6) is 0 Å². The van der Waals surface area contributed by atoms with Crippen LogP contribution in [0.2, 0.25) is 0 Å². The normalized spacial score (nSPS) is 11.6. The number of furan rings is 1. The van der Waals surface area contributed by atoms with Gasteiger partial charge in [0, 0.05) is 32.9 Å². The van der Waals surface area contributed by atoms with E-state index in [4.69, 9.17) is 4.42 Å². The predicted molar refractivity (Wildman–Crippen MR) is 212 cm³/mol. The van der Waals surface area contributed by atoms with Crippen molar-refractivity contribution in [2.75, 3.05) is 4.90 Å². The zero-order valence-corrected chi connectivity index (χ0v) is 27.3. The van der Waals surface area contributed by atoms with Crippen LogP contribution in [0.1, 0.15) is 0 Å². The van der Waals surface area contributed by atoms with Gasteiger partial charge in [0.15, 0.2) is 0 Å². The average molecular weight is 638 g/mol. The van der Waals surface area contributed by atoms with E-state index >= 15 is 0 Å². The third kappa shape index (κ3) is 4.57. The fourth-order valence-corrected chi connectivity index (χ4v) is 7.67. The van der Waals surface area contributed by atoms with Crippen molar-refractivity contribution < 1.29 is 4.42 Å². The van der Waals surface area contributed by atoms with E-state index in [1.807, 2.05) is 6.07 Å². The first kappa shape index (κ1) is 28.4. The molecule has 234 valence electrons. The topological polar surface area (TPSA) is 16.4 Å². The quantitative estimate of drug-likeness (QED) is 0.187. The van der Waals surface area contributed by atoms with Gasteiger partial charge in [-0.05, 0) is 80.2 Å². The second kappa shape index (κ2) is 11.5. The van der Waals surface area contributed by atoms with E-state index in [0.29, 0.717) is 0 Å². The Labute approximate surface area is 290 Å². The van der Waals surface area contributed by atoms with Crippen molar-refractivity contribution in [1.29, 1.82) is 0 Å². The summed E-state index contributed by atoms with van der Waals surface area (Å²) in [6.07, 6.45) is 0. The summed E-state index contributed by atoms with van der Waals surface area (Å²) >= 11 is 0. The van der Waals surface area contributed by atoms with E-state index in [1.54, 1.807) is 0 Å². The van der Waals surface area contributed by atoms with E-state index in [0.717, 1.165) is 49.8 Å². The molecule has 0 unspecified atom stereocenters. The first-order valence-electron chi connectivity index (χ1n) is 17.1. The molecule has 0 spiro atoms. The fraction of sp³-hybridized carbons (Fsp3) is 0. The molecule has 0 atom stereocenters. The summed E-state index contributed by atoms with van der Waals surface area (Å²) < 4.78 is 6.49. The molecule has 0 aliphatic carbocycles. The molecule has 1 heterocycles. The Morgan fingerprint density at radius 1 is 0.340 bits per heavy atom.